The van der Waals surface area contributed by atoms with Crippen LogP contribution in [0.4, 0.5) is 0 Å². The first-order valence-electron chi connectivity index (χ1n) is 9.89. The Morgan fingerprint density at radius 3 is 2.19 bits per heavy atom. The van der Waals surface area contributed by atoms with Crippen LogP contribution < -0.4 is 5.56 Å². The number of fused-ring (bicyclic) bond motifs is 1. The summed E-state index contributed by atoms with van der Waals surface area (Å²) in [6, 6.07) is 25.1. The molecule has 0 aliphatic heterocycles. The fourth-order valence-corrected chi connectivity index (χ4v) is 3.51. The summed E-state index contributed by atoms with van der Waals surface area (Å²) in [5, 5.41) is 9.58. The Bertz CT molecular complexity index is 1480. The molecule has 2 heterocycles. The Morgan fingerprint density at radius 2 is 1.50 bits per heavy atom. The molecular formula is C24H16ClN5O2. The average molecular weight is 442 g/mol. The van der Waals surface area contributed by atoms with Gasteiger partial charge in [0.15, 0.2) is 0 Å². The van der Waals surface area contributed by atoms with Gasteiger partial charge in [-0.3, -0.25) is 9.59 Å². The molecule has 5 aromatic rings. The van der Waals surface area contributed by atoms with Crippen molar-refractivity contribution in [3.8, 4) is 5.69 Å². The molecule has 0 aliphatic rings. The molecular weight excluding hydrogens is 426 g/mol. The molecule has 8 heteroatoms. The third-order valence-corrected chi connectivity index (χ3v) is 5.22. The summed E-state index contributed by atoms with van der Waals surface area (Å²) in [6.07, 6.45) is 0.251. The zero-order chi connectivity index (χ0) is 22.1. The number of hydrogen-bond donors (Lipinski definition) is 0. The largest absolute Gasteiger partial charge is 0.296 e. The van der Waals surface area contributed by atoms with E-state index < -0.39 is 5.56 Å². The van der Waals surface area contributed by atoms with Crippen LogP contribution in [0.2, 0.25) is 5.02 Å². The second-order valence-corrected chi connectivity index (χ2v) is 7.58. The van der Waals surface area contributed by atoms with Crippen molar-refractivity contribution in [2.45, 2.75) is 6.42 Å². The minimum atomic E-state index is -0.476. The van der Waals surface area contributed by atoms with Crippen molar-refractivity contribution in [2.75, 3.05) is 0 Å². The van der Waals surface area contributed by atoms with E-state index in [1.807, 2.05) is 48.5 Å². The number of nitrogens with zero attached hydrogens (tertiary/aromatic N) is 5. The van der Waals surface area contributed by atoms with Gasteiger partial charge >= 0.3 is 0 Å². The Labute approximate surface area is 187 Å². The first-order chi connectivity index (χ1) is 15.6. The molecule has 3 aromatic carbocycles. The lowest BCUT2D eigenvalue weighted by atomic mass is 10.1. The molecule has 0 amide bonds. The number of aromatic nitrogens is 5. The van der Waals surface area contributed by atoms with Crippen molar-refractivity contribution in [2.24, 2.45) is 0 Å². The number of benzene rings is 3. The first kappa shape index (κ1) is 19.8. The molecule has 0 atom stereocenters. The van der Waals surface area contributed by atoms with Crippen LogP contribution in [0.15, 0.2) is 89.7 Å². The lowest BCUT2D eigenvalue weighted by Gasteiger charge is -2.04. The second-order valence-electron chi connectivity index (χ2n) is 7.14. The number of halogens is 1. The predicted octanol–water partition coefficient (Wildman–Crippen LogP) is 3.75. The Kier molecular flexibility index (Phi) is 5.09. The van der Waals surface area contributed by atoms with Crippen LogP contribution in [0.5, 0.6) is 0 Å². The van der Waals surface area contributed by atoms with Gasteiger partial charge in [-0.15, -0.1) is 5.10 Å². The van der Waals surface area contributed by atoms with E-state index >= 15 is 0 Å². The van der Waals surface area contributed by atoms with Crippen LogP contribution in [0.1, 0.15) is 27.4 Å². The first-order valence-corrected chi connectivity index (χ1v) is 10.3. The highest BCUT2D eigenvalue weighted by Crippen LogP contribution is 2.16. The van der Waals surface area contributed by atoms with Crippen molar-refractivity contribution in [1.82, 2.24) is 24.4 Å². The number of ketones is 1. The summed E-state index contributed by atoms with van der Waals surface area (Å²) < 4.78 is 2.80. The Hall–Kier alpha value is -4.10. The summed E-state index contributed by atoms with van der Waals surface area (Å²) in [5.41, 5.74) is 1.71. The van der Waals surface area contributed by atoms with Crippen molar-refractivity contribution in [3.63, 3.8) is 0 Å². The maximum Gasteiger partial charge on any atom is 0.296 e. The minimum Gasteiger partial charge on any atom is -0.285 e. The fraction of sp³-hybridized carbons (Fsp3) is 0.0417. The molecule has 156 valence electrons. The quantitative estimate of drug-likeness (QED) is 0.388. The van der Waals surface area contributed by atoms with E-state index in [1.54, 1.807) is 36.4 Å². The maximum atomic E-state index is 13.2. The normalized spacial score (nSPS) is 11.0. The van der Waals surface area contributed by atoms with Crippen LogP contribution in [0.25, 0.3) is 11.5 Å². The molecule has 0 unspecified atom stereocenters. The number of rotatable bonds is 5. The molecule has 32 heavy (non-hydrogen) atoms. The van der Waals surface area contributed by atoms with E-state index in [0.29, 0.717) is 16.3 Å². The predicted molar refractivity (Wildman–Crippen MR) is 121 cm³/mol. The van der Waals surface area contributed by atoms with E-state index in [4.69, 9.17) is 11.6 Å². The zero-order valence-electron chi connectivity index (χ0n) is 16.7. The number of hydrogen-bond acceptors (Lipinski definition) is 5. The molecule has 0 aliphatic carbocycles. The van der Waals surface area contributed by atoms with Crippen LogP contribution in [0.3, 0.4) is 0 Å². The molecule has 0 saturated carbocycles. The average Bonchev–Trinajstić information content (AvgIpc) is 3.19. The molecule has 0 fully saturated rings. The lowest BCUT2D eigenvalue weighted by molar-refractivity contribution is 0.102. The molecule has 0 N–H and O–H groups in total. The van der Waals surface area contributed by atoms with Gasteiger partial charge in [0.05, 0.1) is 5.69 Å². The molecule has 0 radical (unpaired) electrons. The van der Waals surface area contributed by atoms with Gasteiger partial charge in [-0.25, -0.2) is 0 Å². The van der Waals surface area contributed by atoms with Gasteiger partial charge in [-0.2, -0.15) is 19.3 Å². The van der Waals surface area contributed by atoms with Crippen molar-refractivity contribution in [1.29, 1.82) is 0 Å². The van der Waals surface area contributed by atoms with Gasteiger partial charge in [0.2, 0.25) is 11.6 Å². The number of carbonyl (C=O) groups is 1. The highest BCUT2D eigenvalue weighted by Gasteiger charge is 2.22. The highest BCUT2D eigenvalue weighted by atomic mass is 35.5. The van der Waals surface area contributed by atoms with E-state index in [1.165, 1.54) is 9.20 Å². The zero-order valence-corrected chi connectivity index (χ0v) is 17.5. The van der Waals surface area contributed by atoms with Crippen molar-refractivity contribution in [3.05, 3.63) is 123 Å². The molecule has 2 aromatic heterocycles. The van der Waals surface area contributed by atoms with Gasteiger partial charge in [0.1, 0.15) is 5.69 Å². The van der Waals surface area contributed by atoms with Crippen molar-refractivity contribution < 1.29 is 4.79 Å². The van der Waals surface area contributed by atoms with E-state index in [9.17, 15) is 9.59 Å². The van der Waals surface area contributed by atoms with Gasteiger partial charge < -0.3 is 0 Å². The van der Waals surface area contributed by atoms with E-state index in [-0.39, 0.29) is 29.5 Å². The van der Waals surface area contributed by atoms with Crippen LogP contribution in [-0.2, 0) is 6.42 Å². The molecule has 7 nitrogen and oxygen atoms in total. The highest BCUT2D eigenvalue weighted by molar-refractivity contribution is 6.30. The standard InChI is InChI=1S/C24H16ClN5O2/c25-18-13-11-16(12-14-18)15-20-23(32)26-24-29(19-9-5-2-6-10-19)28-22(30(24)27-20)21(31)17-7-3-1-4-8-17/h1-14H,15H2. The van der Waals surface area contributed by atoms with Gasteiger partial charge in [0.25, 0.3) is 11.3 Å². The third kappa shape index (κ3) is 3.70. The summed E-state index contributed by atoms with van der Waals surface area (Å²) >= 11 is 5.96. The lowest BCUT2D eigenvalue weighted by Crippen LogP contribution is -2.21. The summed E-state index contributed by atoms with van der Waals surface area (Å²) in [4.78, 5) is 30.3. The SMILES string of the molecule is O=C(c1ccccc1)c1nn(-c2ccccc2)c2nc(=O)c(Cc3ccc(Cl)cc3)nn12. The topological polar surface area (TPSA) is 82.1 Å². The second kappa shape index (κ2) is 8.20. The summed E-state index contributed by atoms with van der Waals surface area (Å²) in [7, 11) is 0. The summed E-state index contributed by atoms with van der Waals surface area (Å²) in [5.74, 6) is -0.0825. The van der Waals surface area contributed by atoms with Crippen LogP contribution in [-0.4, -0.2) is 30.2 Å². The fourth-order valence-electron chi connectivity index (χ4n) is 3.38. The van der Waals surface area contributed by atoms with Crippen molar-refractivity contribution >= 4 is 23.2 Å². The van der Waals surface area contributed by atoms with E-state index in [0.717, 1.165) is 5.56 Å². The third-order valence-electron chi connectivity index (χ3n) is 4.97. The molecule has 5 rings (SSSR count). The Balaban J connectivity index is 1.69. The van der Waals surface area contributed by atoms with Gasteiger partial charge in [0, 0.05) is 17.0 Å². The Morgan fingerprint density at radius 1 is 0.844 bits per heavy atom. The number of para-hydroxylation sites is 1. The van der Waals surface area contributed by atoms with Crippen LogP contribution in [0, 0.1) is 0 Å². The minimum absolute atomic E-state index is 0.0694. The summed E-state index contributed by atoms with van der Waals surface area (Å²) in [6.45, 7) is 0. The molecule has 0 spiro atoms. The van der Waals surface area contributed by atoms with Gasteiger partial charge in [-0.1, -0.05) is 72.3 Å². The van der Waals surface area contributed by atoms with Crippen LogP contribution >= 0.6 is 11.6 Å². The van der Waals surface area contributed by atoms with E-state index in [2.05, 4.69) is 15.2 Å². The molecule has 0 bridgehead atoms. The maximum absolute atomic E-state index is 13.2. The molecule has 0 saturated heterocycles. The van der Waals surface area contributed by atoms with Gasteiger partial charge in [-0.05, 0) is 29.8 Å². The smallest absolute Gasteiger partial charge is 0.285 e. The number of carbonyl (C=O) groups excluding carboxylic acids is 1. The monoisotopic (exact) mass is 441 g/mol.